The molecule has 2 rings (SSSR count). The van der Waals surface area contributed by atoms with Crippen molar-refractivity contribution in [1.82, 2.24) is 9.97 Å². The summed E-state index contributed by atoms with van der Waals surface area (Å²) in [6, 6.07) is -0.623. The number of primary amides is 1. The van der Waals surface area contributed by atoms with Gasteiger partial charge in [0, 0.05) is 6.42 Å². The lowest BCUT2D eigenvalue weighted by Gasteiger charge is -2.14. The zero-order chi connectivity index (χ0) is 14.0. The van der Waals surface area contributed by atoms with E-state index >= 15 is 0 Å². The fraction of sp³-hybridized carbons (Fsp3) is 0.308. The molecule has 5 nitrogen and oxygen atoms in total. The number of nitrogens with zero attached hydrogens (tertiary/aromatic N) is 2. The number of amides is 1. The molecule has 2 heterocycles. The molecule has 0 aromatic carbocycles. The summed E-state index contributed by atoms with van der Waals surface area (Å²) in [5.74, 6) is 3.20. The van der Waals surface area contributed by atoms with E-state index in [2.05, 4.69) is 21.2 Å². The normalized spacial score (nSPS) is 12.1. The van der Waals surface area contributed by atoms with Gasteiger partial charge in [0.1, 0.15) is 22.5 Å². The number of nitrogens with one attached hydrogen (secondary N) is 1. The van der Waals surface area contributed by atoms with Crippen molar-refractivity contribution in [2.75, 3.05) is 5.32 Å². The second-order valence-electron chi connectivity index (χ2n) is 4.23. The lowest BCUT2D eigenvalue weighted by Crippen LogP contribution is -2.35. The van der Waals surface area contributed by atoms with Crippen LogP contribution in [0.5, 0.6) is 0 Å². The summed E-state index contributed by atoms with van der Waals surface area (Å²) < 4.78 is 0. The van der Waals surface area contributed by atoms with Gasteiger partial charge in [0.25, 0.3) is 0 Å². The van der Waals surface area contributed by atoms with Crippen molar-refractivity contribution < 1.29 is 4.79 Å². The molecule has 0 unspecified atom stereocenters. The van der Waals surface area contributed by atoms with Crippen molar-refractivity contribution in [2.24, 2.45) is 5.73 Å². The molecule has 2 aromatic heterocycles. The summed E-state index contributed by atoms with van der Waals surface area (Å²) in [6.45, 7) is 3.78. The second kappa shape index (κ2) is 5.24. The molecular formula is C13H14N4OS. The average molecular weight is 274 g/mol. The van der Waals surface area contributed by atoms with Gasteiger partial charge in [-0.25, -0.2) is 9.97 Å². The molecule has 0 fully saturated rings. The van der Waals surface area contributed by atoms with Crippen LogP contribution in [0.4, 0.5) is 5.82 Å². The van der Waals surface area contributed by atoms with Crippen LogP contribution >= 0.6 is 11.3 Å². The Labute approximate surface area is 115 Å². The van der Waals surface area contributed by atoms with Gasteiger partial charge in [-0.05, 0) is 24.8 Å². The highest BCUT2D eigenvalue weighted by Gasteiger charge is 2.18. The van der Waals surface area contributed by atoms with Crippen molar-refractivity contribution in [1.29, 1.82) is 0 Å². The van der Waals surface area contributed by atoms with Crippen LogP contribution in [0.15, 0.2) is 5.38 Å². The maximum atomic E-state index is 11.4. The van der Waals surface area contributed by atoms with Crippen molar-refractivity contribution in [3.8, 4) is 12.3 Å². The van der Waals surface area contributed by atoms with Gasteiger partial charge in [-0.3, -0.25) is 4.79 Å². The largest absolute Gasteiger partial charge is 0.368 e. The predicted molar refractivity (Wildman–Crippen MR) is 76.9 cm³/mol. The van der Waals surface area contributed by atoms with E-state index in [4.69, 9.17) is 12.2 Å². The van der Waals surface area contributed by atoms with Gasteiger partial charge in [-0.15, -0.1) is 23.7 Å². The average Bonchev–Trinajstić information content (AvgIpc) is 2.70. The molecule has 6 heteroatoms. The third-order valence-corrected chi connectivity index (χ3v) is 3.70. The minimum absolute atomic E-state index is 0.225. The van der Waals surface area contributed by atoms with Crippen LogP contribution in [-0.4, -0.2) is 21.9 Å². The highest BCUT2D eigenvalue weighted by atomic mass is 32.1. The number of terminal acetylenes is 1. The van der Waals surface area contributed by atoms with Crippen molar-refractivity contribution in [2.45, 2.75) is 26.3 Å². The number of carbonyl (C=O) groups excluding carboxylic acids is 1. The number of nitrogens with two attached hydrogens (primary N) is 1. The summed E-state index contributed by atoms with van der Waals surface area (Å²) in [4.78, 5) is 21.0. The highest BCUT2D eigenvalue weighted by molar-refractivity contribution is 7.17. The van der Waals surface area contributed by atoms with E-state index in [1.165, 1.54) is 0 Å². The third-order valence-electron chi connectivity index (χ3n) is 2.71. The van der Waals surface area contributed by atoms with Crippen molar-refractivity contribution >= 4 is 33.3 Å². The number of hydrogen-bond donors (Lipinski definition) is 2. The molecule has 0 spiro atoms. The molecule has 3 N–H and O–H groups in total. The molecule has 0 aliphatic carbocycles. The molecule has 0 aliphatic rings. The fourth-order valence-electron chi connectivity index (χ4n) is 1.80. The van der Waals surface area contributed by atoms with Crippen LogP contribution in [0.25, 0.3) is 10.2 Å². The number of rotatable bonds is 4. The highest BCUT2D eigenvalue weighted by Crippen LogP contribution is 2.29. The molecule has 98 valence electrons. The van der Waals surface area contributed by atoms with Crippen molar-refractivity contribution in [3.63, 3.8) is 0 Å². The minimum atomic E-state index is -0.623. The molecule has 0 saturated carbocycles. The van der Waals surface area contributed by atoms with Crippen LogP contribution in [0.1, 0.15) is 17.8 Å². The Morgan fingerprint density at radius 2 is 2.32 bits per heavy atom. The number of anilines is 1. The predicted octanol–water partition coefficient (Wildman–Crippen LogP) is 1.60. The van der Waals surface area contributed by atoms with Gasteiger partial charge in [0.2, 0.25) is 5.91 Å². The summed E-state index contributed by atoms with van der Waals surface area (Å²) in [5, 5.41) is 5.95. The van der Waals surface area contributed by atoms with Gasteiger partial charge in [0.05, 0.1) is 5.39 Å². The Kier molecular flexibility index (Phi) is 3.67. The van der Waals surface area contributed by atoms with Crippen LogP contribution in [0.3, 0.4) is 0 Å². The van der Waals surface area contributed by atoms with Gasteiger partial charge in [-0.2, -0.15) is 0 Å². The smallest absolute Gasteiger partial charge is 0.240 e. The first kappa shape index (κ1) is 13.3. The Bertz CT molecular complexity index is 671. The number of thiophene rings is 1. The monoisotopic (exact) mass is 274 g/mol. The number of aromatic nitrogens is 2. The Morgan fingerprint density at radius 1 is 1.58 bits per heavy atom. The molecule has 1 amide bonds. The molecule has 19 heavy (non-hydrogen) atoms. The van der Waals surface area contributed by atoms with Gasteiger partial charge in [-0.1, -0.05) is 0 Å². The Morgan fingerprint density at radius 3 is 2.95 bits per heavy atom. The van der Waals surface area contributed by atoms with E-state index in [1.807, 2.05) is 12.3 Å². The first-order chi connectivity index (χ1) is 9.02. The van der Waals surface area contributed by atoms with Gasteiger partial charge < -0.3 is 11.1 Å². The molecule has 2 aromatic rings. The number of carbonyl (C=O) groups is 1. The first-order valence-electron chi connectivity index (χ1n) is 5.74. The topological polar surface area (TPSA) is 80.9 Å². The lowest BCUT2D eigenvalue weighted by molar-refractivity contribution is -0.118. The minimum Gasteiger partial charge on any atom is -0.368 e. The van der Waals surface area contributed by atoms with Gasteiger partial charge in [0.15, 0.2) is 0 Å². The maximum Gasteiger partial charge on any atom is 0.240 e. The molecule has 0 saturated heterocycles. The zero-order valence-corrected chi connectivity index (χ0v) is 11.5. The second-order valence-corrected chi connectivity index (χ2v) is 5.08. The zero-order valence-electron chi connectivity index (χ0n) is 10.7. The molecule has 0 radical (unpaired) electrons. The fourth-order valence-corrected chi connectivity index (χ4v) is 2.77. The van der Waals surface area contributed by atoms with E-state index < -0.39 is 11.9 Å². The molecule has 0 bridgehead atoms. The standard InChI is InChI=1S/C13H14N4OS/c1-4-5-9(11(14)18)17-12-10-7(2)6-19-13(10)16-8(3)15-12/h1,6,9H,5H2,2-3H3,(H2,14,18)(H,15,16,17)/t9-/m0/s1. The third kappa shape index (κ3) is 2.66. The molecule has 0 aliphatic heterocycles. The Balaban J connectivity index is 2.46. The van der Waals surface area contributed by atoms with Gasteiger partial charge >= 0.3 is 0 Å². The summed E-state index contributed by atoms with van der Waals surface area (Å²) in [7, 11) is 0. The summed E-state index contributed by atoms with van der Waals surface area (Å²) >= 11 is 1.54. The molecule has 1 atom stereocenters. The van der Waals surface area contributed by atoms with Crippen LogP contribution in [0, 0.1) is 26.2 Å². The van der Waals surface area contributed by atoms with Crippen LogP contribution in [-0.2, 0) is 4.79 Å². The molecular weight excluding hydrogens is 260 g/mol. The summed E-state index contributed by atoms with van der Waals surface area (Å²) in [6.07, 6.45) is 5.47. The number of hydrogen-bond acceptors (Lipinski definition) is 5. The van der Waals surface area contributed by atoms with Crippen molar-refractivity contribution in [3.05, 3.63) is 16.8 Å². The number of aryl methyl sites for hydroxylation is 2. The quantitative estimate of drug-likeness (QED) is 0.830. The summed E-state index contributed by atoms with van der Waals surface area (Å²) in [5.41, 5.74) is 6.39. The maximum absolute atomic E-state index is 11.4. The Hall–Kier alpha value is -2.13. The van der Waals surface area contributed by atoms with E-state index in [1.54, 1.807) is 18.3 Å². The lowest BCUT2D eigenvalue weighted by atomic mass is 10.2. The van der Waals surface area contributed by atoms with E-state index in [0.29, 0.717) is 11.6 Å². The van der Waals surface area contributed by atoms with E-state index in [9.17, 15) is 4.79 Å². The van der Waals surface area contributed by atoms with E-state index in [0.717, 1.165) is 15.8 Å². The van der Waals surface area contributed by atoms with E-state index in [-0.39, 0.29) is 6.42 Å². The van der Waals surface area contributed by atoms with Crippen LogP contribution in [0.2, 0.25) is 0 Å². The SMILES string of the molecule is C#CC[C@H](Nc1nc(C)nc2scc(C)c12)C(N)=O. The first-order valence-corrected chi connectivity index (χ1v) is 6.62. The number of fused-ring (bicyclic) bond motifs is 1. The van der Waals surface area contributed by atoms with Crippen LogP contribution < -0.4 is 11.1 Å².